The van der Waals surface area contributed by atoms with Gasteiger partial charge in [-0.25, -0.2) is 4.98 Å². The van der Waals surface area contributed by atoms with E-state index < -0.39 is 6.23 Å². The Labute approximate surface area is 177 Å². The van der Waals surface area contributed by atoms with Gasteiger partial charge in [0.15, 0.2) is 0 Å². The maximum absolute atomic E-state index is 9.76. The Morgan fingerprint density at radius 1 is 1.33 bits per heavy atom. The topological polar surface area (TPSA) is 92.9 Å². The average molecular weight is 411 g/mol. The van der Waals surface area contributed by atoms with Crippen LogP contribution in [0.1, 0.15) is 30.6 Å². The number of nitrogen functional groups attached to an aromatic ring is 1. The molecule has 2 aromatic rings. The van der Waals surface area contributed by atoms with Crippen molar-refractivity contribution >= 4 is 11.5 Å². The fourth-order valence-corrected chi connectivity index (χ4v) is 3.83. The molecule has 0 bridgehead atoms. The Hall–Kier alpha value is -2.61. The summed E-state index contributed by atoms with van der Waals surface area (Å²) in [6.07, 6.45) is 7.14. The van der Waals surface area contributed by atoms with E-state index in [1.807, 2.05) is 30.3 Å². The first-order chi connectivity index (χ1) is 14.6. The van der Waals surface area contributed by atoms with Gasteiger partial charge in [-0.2, -0.15) is 0 Å². The van der Waals surface area contributed by atoms with Gasteiger partial charge in [0, 0.05) is 42.6 Å². The lowest BCUT2D eigenvalue weighted by Crippen LogP contribution is -2.45. The van der Waals surface area contributed by atoms with E-state index in [0.717, 1.165) is 42.9 Å². The molecule has 1 saturated heterocycles. The van der Waals surface area contributed by atoms with Crippen LogP contribution in [0.4, 0.5) is 11.5 Å². The fourth-order valence-electron chi connectivity index (χ4n) is 3.83. The van der Waals surface area contributed by atoms with E-state index in [1.165, 1.54) is 5.56 Å². The smallest absolute Gasteiger partial charge is 0.124 e. The molecule has 1 fully saturated rings. The number of ether oxygens (including phenoxy) is 2. The van der Waals surface area contributed by atoms with Gasteiger partial charge < -0.3 is 25.6 Å². The number of hydrogen-bond donors (Lipinski definition) is 3. The number of pyridine rings is 1. The number of aliphatic hydroxyl groups is 1. The molecule has 1 aromatic carbocycles. The summed E-state index contributed by atoms with van der Waals surface area (Å²) in [7, 11) is 0. The van der Waals surface area contributed by atoms with E-state index in [4.69, 9.17) is 15.2 Å². The summed E-state index contributed by atoms with van der Waals surface area (Å²) < 4.78 is 11.8. The monoisotopic (exact) mass is 410 g/mol. The van der Waals surface area contributed by atoms with Gasteiger partial charge in [-0.05, 0) is 37.5 Å². The second kappa shape index (κ2) is 9.47. The molecule has 160 valence electrons. The molecule has 30 heavy (non-hydrogen) atoms. The van der Waals surface area contributed by atoms with Crippen molar-refractivity contribution in [3.63, 3.8) is 0 Å². The highest BCUT2D eigenvalue weighted by atomic mass is 16.5. The number of aromatic nitrogens is 1. The van der Waals surface area contributed by atoms with E-state index in [0.29, 0.717) is 25.1 Å². The molecule has 2 aliphatic rings. The third-order valence-electron chi connectivity index (χ3n) is 5.69. The Morgan fingerprint density at radius 3 is 3.07 bits per heavy atom. The van der Waals surface area contributed by atoms with E-state index in [9.17, 15) is 5.11 Å². The molecule has 1 unspecified atom stereocenters. The summed E-state index contributed by atoms with van der Waals surface area (Å²) in [5.74, 6) is 1.32. The largest absolute Gasteiger partial charge is 0.489 e. The molecule has 1 aromatic heterocycles. The summed E-state index contributed by atoms with van der Waals surface area (Å²) in [6.45, 7) is 5.02. The number of nitrogens with zero attached hydrogens (tertiary/aromatic N) is 2. The zero-order valence-electron chi connectivity index (χ0n) is 17.3. The molecule has 3 atom stereocenters. The third kappa shape index (κ3) is 5.11. The number of aliphatic hydroxyl groups excluding tert-OH is 1. The van der Waals surface area contributed by atoms with Gasteiger partial charge >= 0.3 is 0 Å². The fraction of sp³-hybridized carbons (Fsp3) is 0.435. The zero-order valence-corrected chi connectivity index (χ0v) is 17.3. The van der Waals surface area contributed by atoms with Crippen LogP contribution in [-0.2, 0) is 11.2 Å². The SMILES string of the molecule is C[C@H]1CO[C@@H](c2ccc(N)nc2)CN1C/C=C/COc1ccc2c(c1)NC(O)CC2. The number of rotatable bonds is 6. The number of benzene rings is 1. The van der Waals surface area contributed by atoms with E-state index in [2.05, 4.69) is 34.3 Å². The van der Waals surface area contributed by atoms with Crippen LogP contribution in [0.3, 0.4) is 0 Å². The Balaban J connectivity index is 1.26. The highest BCUT2D eigenvalue weighted by Crippen LogP contribution is 2.28. The van der Waals surface area contributed by atoms with Crippen molar-refractivity contribution in [2.24, 2.45) is 0 Å². The average Bonchev–Trinajstić information content (AvgIpc) is 2.75. The lowest BCUT2D eigenvalue weighted by molar-refractivity contribution is -0.0558. The number of morpholine rings is 1. The van der Waals surface area contributed by atoms with Crippen molar-refractivity contribution in [1.29, 1.82) is 0 Å². The summed E-state index contributed by atoms with van der Waals surface area (Å²) in [5.41, 5.74) is 8.92. The molecule has 2 aliphatic heterocycles. The van der Waals surface area contributed by atoms with Crippen LogP contribution in [0.15, 0.2) is 48.7 Å². The molecular weight excluding hydrogens is 380 g/mol. The van der Waals surface area contributed by atoms with E-state index in [-0.39, 0.29) is 6.10 Å². The van der Waals surface area contributed by atoms with Gasteiger partial charge in [0.05, 0.1) is 12.7 Å². The van der Waals surface area contributed by atoms with E-state index >= 15 is 0 Å². The first kappa shape index (κ1) is 20.7. The van der Waals surface area contributed by atoms with Gasteiger partial charge in [0.2, 0.25) is 0 Å². The highest BCUT2D eigenvalue weighted by Gasteiger charge is 2.26. The predicted molar refractivity (Wildman–Crippen MR) is 117 cm³/mol. The molecule has 3 heterocycles. The maximum Gasteiger partial charge on any atom is 0.124 e. The Kier molecular flexibility index (Phi) is 6.52. The van der Waals surface area contributed by atoms with Gasteiger partial charge in [-0.1, -0.05) is 24.3 Å². The van der Waals surface area contributed by atoms with Crippen LogP contribution in [-0.4, -0.2) is 53.6 Å². The molecule has 4 rings (SSSR count). The molecule has 0 saturated carbocycles. The Morgan fingerprint density at radius 2 is 2.23 bits per heavy atom. The summed E-state index contributed by atoms with van der Waals surface area (Å²) in [4.78, 5) is 6.57. The molecule has 0 radical (unpaired) electrons. The predicted octanol–water partition coefficient (Wildman–Crippen LogP) is 2.74. The van der Waals surface area contributed by atoms with Crippen molar-refractivity contribution < 1.29 is 14.6 Å². The van der Waals surface area contributed by atoms with Gasteiger partial charge in [-0.3, -0.25) is 4.90 Å². The summed E-state index contributed by atoms with van der Waals surface area (Å²) >= 11 is 0. The third-order valence-corrected chi connectivity index (χ3v) is 5.69. The van der Waals surface area contributed by atoms with E-state index in [1.54, 1.807) is 6.20 Å². The number of anilines is 2. The van der Waals surface area contributed by atoms with Crippen LogP contribution in [0, 0.1) is 0 Å². The number of aryl methyl sites for hydroxylation is 1. The zero-order chi connectivity index (χ0) is 20.9. The Bertz CT molecular complexity index is 871. The lowest BCUT2D eigenvalue weighted by Gasteiger charge is -2.37. The van der Waals surface area contributed by atoms with Crippen molar-refractivity contribution in [2.45, 2.75) is 38.1 Å². The number of hydrogen-bond acceptors (Lipinski definition) is 7. The second-order valence-corrected chi connectivity index (χ2v) is 7.94. The summed E-state index contributed by atoms with van der Waals surface area (Å²) in [6, 6.07) is 10.2. The van der Waals surface area contributed by atoms with Crippen LogP contribution >= 0.6 is 0 Å². The molecule has 7 nitrogen and oxygen atoms in total. The van der Waals surface area contributed by atoms with Crippen LogP contribution in [0.5, 0.6) is 5.75 Å². The van der Waals surface area contributed by atoms with Crippen LogP contribution in [0.2, 0.25) is 0 Å². The molecule has 0 amide bonds. The number of fused-ring (bicyclic) bond motifs is 1. The van der Waals surface area contributed by atoms with Crippen LogP contribution in [0.25, 0.3) is 0 Å². The normalized spacial score (nSPS) is 24.4. The van der Waals surface area contributed by atoms with Crippen molar-refractivity contribution in [1.82, 2.24) is 9.88 Å². The maximum atomic E-state index is 9.76. The quantitative estimate of drug-likeness (QED) is 0.631. The van der Waals surface area contributed by atoms with Crippen molar-refractivity contribution in [3.05, 3.63) is 59.8 Å². The molecule has 0 aliphatic carbocycles. The van der Waals surface area contributed by atoms with Gasteiger partial charge in [0.1, 0.15) is 24.4 Å². The number of nitrogens with one attached hydrogen (secondary N) is 1. The minimum atomic E-state index is -0.476. The van der Waals surface area contributed by atoms with Gasteiger partial charge in [0.25, 0.3) is 0 Å². The first-order valence-corrected chi connectivity index (χ1v) is 10.5. The minimum absolute atomic E-state index is 0.0114. The minimum Gasteiger partial charge on any atom is -0.489 e. The molecule has 0 spiro atoms. The molecular formula is C23H30N4O3. The molecule has 7 heteroatoms. The summed E-state index contributed by atoms with van der Waals surface area (Å²) in [5, 5.41) is 12.9. The van der Waals surface area contributed by atoms with Crippen molar-refractivity contribution in [2.75, 3.05) is 37.4 Å². The van der Waals surface area contributed by atoms with Crippen LogP contribution < -0.4 is 15.8 Å². The van der Waals surface area contributed by atoms with Gasteiger partial charge in [-0.15, -0.1) is 0 Å². The number of nitrogens with two attached hydrogens (primary N) is 1. The first-order valence-electron chi connectivity index (χ1n) is 10.5. The molecule has 4 N–H and O–H groups in total. The lowest BCUT2D eigenvalue weighted by atomic mass is 10.0. The van der Waals surface area contributed by atoms with Crippen molar-refractivity contribution in [3.8, 4) is 5.75 Å². The standard InChI is InChI=1S/C23H30N4O3/c1-16-15-30-21(18-5-8-22(24)25-13-18)14-27(16)10-2-3-11-29-19-7-4-17-6-9-23(28)26-20(17)12-19/h2-5,7-8,12-13,16,21,23,26,28H,6,9-11,14-15H2,1H3,(H2,24,25)/b3-2+/t16-,21+,23?/m0/s1. The highest BCUT2D eigenvalue weighted by molar-refractivity contribution is 5.57. The second-order valence-electron chi connectivity index (χ2n) is 7.94.